The molecule has 0 saturated carbocycles. The van der Waals surface area contributed by atoms with Crippen LogP contribution in [0, 0.1) is 0 Å². The van der Waals surface area contributed by atoms with Crippen LogP contribution in [0.1, 0.15) is 16.2 Å². The summed E-state index contributed by atoms with van der Waals surface area (Å²) in [7, 11) is 0. The number of carbonyl (C=O) groups excluding carboxylic acids is 2. The van der Waals surface area contributed by atoms with Gasteiger partial charge in [0.15, 0.2) is 11.5 Å². The quantitative estimate of drug-likeness (QED) is 0.326. The Bertz CT molecular complexity index is 1350. The van der Waals surface area contributed by atoms with Gasteiger partial charge in [0.1, 0.15) is 10.8 Å². The largest absolute Gasteiger partial charge is 0.573 e. The lowest BCUT2D eigenvalue weighted by Crippen LogP contribution is -2.26. The first kappa shape index (κ1) is 25.0. The van der Waals surface area contributed by atoms with Crippen LogP contribution in [0.4, 0.5) is 18.9 Å². The molecule has 2 aromatic carbocycles. The molecule has 2 amide bonds. The molecule has 0 unspecified atom stereocenters. The van der Waals surface area contributed by atoms with Gasteiger partial charge < -0.3 is 15.4 Å². The number of hydrogen-bond acceptors (Lipinski definition) is 7. The summed E-state index contributed by atoms with van der Waals surface area (Å²) in [5, 5.41) is 18.6. The zero-order valence-corrected chi connectivity index (χ0v) is 19.3. The molecule has 13 heteroatoms. The van der Waals surface area contributed by atoms with Gasteiger partial charge in [-0.1, -0.05) is 30.0 Å². The molecular weight excluding hydrogens is 497 g/mol. The molecule has 0 bridgehead atoms. The van der Waals surface area contributed by atoms with E-state index in [1.807, 2.05) is 6.07 Å². The van der Waals surface area contributed by atoms with Gasteiger partial charge in [0, 0.05) is 24.2 Å². The van der Waals surface area contributed by atoms with Crippen LogP contribution in [0.25, 0.3) is 5.65 Å². The molecule has 2 N–H and O–H groups in total. The number of hydrogen-bond donors (Lipinski definition) is 2. The molecular formula is C23H19F3N6O3S. The van der Waals surface area contributed by atoms with Crippen molar-refractivity contribution in [2.45, 2.75) is 17.8 Å². The van der Waals surface area contributed by atoms with Crippen molar-refractivity contribution in [3.63, 3.8) is 0 Å². The van der Waals surface area contributed by atoms with Gasteiger partial charge in [-0.3, -0.25) is 9.59 Å². The number of ether oxygens (including phenoxy) is 1. The Kier molecular flexibility index (Phi) is 7.68. The number of rotatable bonds is 9. The SMILES string of the molecule is O=C(CSc1ccc2nnc(CCNC(=O)c3ccccc3)n2n1)Nc1ccc(OC(F)(F)F)cc1. The summed E-state index contributed by atoms with van der Waals surface area (Å²) in [6.07, 6.45) is -4.38. The second-order valence-corrected chi connectivity index (χ2v) is 8.33. The summed E-state index contributed by atoms with van der Waals surface area (Å²) in [5.41, 5.74) is 1.41. The molecule has 0 radical (unpaired) electrons. The molecule has 0 spiro atoms. The van der Waals surface area contributed by atoms with Gasteiger partial charge in [-0.05, 0) is 48.5 Å². The van der Waals surface area contributed by atoms with E-state index in [0.717, 1.165) is 12.1 Å². The average Bonchev–Trinajstić information content (AvgIpc) is 3.26. The lowest BCUT2D eigenvalue weighted by Gasteiger charge is -2.10. The van der Waals surface area contributed by atoms with Crippen LogP contribution in [0.3, 0.4) is 0 Å². The number of thioether (sulfide) groups is 1. The van der Waals surface area contributed by atoms with E-state index in [1.165, 1.54) is 23.9 Å². The maximum Gasteiger partial charge on any atom is 0.573 e. The zero-order valence-electron chi connectivity index (χ0n) is 18.5. The molecule has 186 valence electrons. The predicted molar refractivity (Wildman–Crippen MR) is 126 cm³/mol. The second kappa shape index (κ2) is 11.1. The molecule has 2 aromatic heterocycles. The summed E-state index contributed by atoms with van der Waals surface area (Å²) in [6.45, 7) is 0.336. The van der Waals surface area contributed by atoms with E-state index in [9.17, 15) is 22.8 Å². The minimum absolute atomic E-state index is 0.0178. The van der Waals surface area contributed by atoms with Crippen LogP contribution in [0.15, 0.2) is 71.8 Å². The van der Waals surface area contributed by atoms with Gasteiger partial charge in [-0.2, -0.15) is 9.61 Å². The standard InChI is InChI=1S/C23H19F3N6O3S/c24-23(25,26)35-17-8-6-16(7-9-17)28-20(33)14-36-21-11-10-18-29-30-19(32(18)31-21)12-13-27-22(34)15-4-2-1-3-5-15/h1-11H,12-14H2,(H,27,34)(H,28,33). The van der Waals surface area contributed by atoms with Crippen LogP contribution in [0.2, 0.25) is 0 Å². The summed E-state index contributed by atoms with van der Waals surface area (Å²) in [5.74, 6) is -0.367. The Labute approximate surface area is 207 Å². The summed E-state index contributed by atoms with van der Waals surface area (Å²) in [4.78, 5) is 24.4. The molecule has 36 heavy (non-hydrogen) atoms. The molecule has 0 saturated heterocycles. The van der Waals surface area contributed by atoms with Crippen molar-refractivity contribution in [2.24, 2.45) is 0 Å². The predicted octanol–water partition coefficient (Wildman–Crippen LogP) is 3.73. The fourth-order valence-corrected chi connectivity index (χ4v) is 3.76. The van der Waals surface area contributed by atoms with Crippen molar-refractivity contribution in [3.05, 3.63) is 78.1 Å². The van der Waals surface area contributed by atoms with Crippen LogP contribution in [-0.4, -0.2) is 50.3 Å². The molecule has 0 aliphatic heterocycles. The third-order valence-electron chi connectivity index (χ3n) is 4.70. The number of aromatic nitrogens is 4. The molecule has 4 aromatic rings. The molecule has 4 rings (SSSR count). The minimum atomic E-state index is -4.78. The third kappa shape index (κ3) is 6.95. The Morgan fingerprint density at radius 1 is 0.972 bits per heavy atom. The number of halogens is 3. The van der Waals surface area contributed by atoms with E-state index in [1.54, 1.807) is 40.9 Å². The second-order valence-electron chi connectivity index (χ2n) is 7.34. The van der Waals surface area contributed by atoms with Crippen molar-refractivity contribution in [1.82, 2.24) is 25.1 Å². The highest BCUT2D eigenvalue weighted by Crippen LogP contribution is 2.24. The number of anilines is 1. The van der Waals surface area contributed by atoms with Crippen molar-refractivity contribution >= 4 is 34.9 Å². The average molecular weight is 517 g/mol. The number of fused-ring (bicyclic) bond motifs is 1. The number of alkyl halides is 3. The van der Waals surface area contributed by atoms with E-state index >= 15 is 0 Å². The number of benzene rings is 2. The molecule has 2 heterocycles. The summed E-state index contributed by atoms with van der Waals surface area (Å²) in [6, 6.07) is 17.1. The first-order valence-corrected chi connectivity index (χ1v) is 11.6. The number of nitrogens with one attached hydrogen (secondary N) is 2. The van der Waals surface area contributed by atoms with Crippen molar-refractivity contribution in [2.75, 3.05) is 17.6 Å². The van der Waals surface area contributed by atoms with E-state index in [2.05, 4.69) is 30.7 Å². The summed E-state index contributed by atoms with van der Waals surface area (Å²) < 4.78 is 42.1. The van der Waals surface area contributed by atoms with E-state index in [4.69, 9.17) is 0 Å². The molecule has 0 fully saturated rings. The Hall–Kier alpha value is -4.13. The van der Waals surface area contributed by atoms with Crippen molar-refractivity contribution in [3.8, 4) is 5.75 Å². The minimum Gasteiger partial charge on any atom is -0.406 e. The normalized spacial score (nSPS) is 11.3. The van der Waals surface area contributed by atoms with Crippen LogP contribution in [0.5, 0.6) is 5.75 Å². The topological polar surface area (TPSA) is 111 Å². The van der Waals surface area contributed by atoms with E-state index < -0.39 is 6.36 Å². The molecule has 9 nitrogen and oxygen atoms in total. The highest BCUT2D eigenvalue weighted by Gasteiger charge is 2.31. The van der Waals surface area contributed by atoms with Crippen LogP contribution < -0.4 is 15.4 Å². The van der Waals surface area contributed by atoms with Gasteiger partial charge in [-0.15, -0.1) is 23.4 Å². The fourth-order valence-electron chi connectivity index (χ4n) is 3.11. The highest BCUT2D eigenvalue weighted by atomic mass is 32.2. The maximum atomic E-state index is 12.3. The molecule has 0 aliphatic carbocycles. The lowest BCUT2D eigenvalue weighted by atomic mass is 10.2. The highest BCUT2D eigenvalue weighted by molar-refractivity contribution is 7.99. The monoisotopic (exact) mass is 516 g/mol. The van der Waals surface area contributed by atoms with Crippen LogP contribution >= 0.6 is 11.8 Å². The van der Waals surface area contributed by atoms with Gasteiger partial charge in [0.2, 0.25) is 5.91 Å². The molecule has 0 aliphatic rings. The van der Waals surface area contributed by atoms with Crippen molar-refractivity contribution in [1.29, 1.82) is 0 Å². The van der Waals surface area contributed by atoms with E-state index in [0.29, 0.717) is 40.7 Å². The molecule has 0 atom stereocenters. The maximum absolute atomic E-state index is 12.3. The van der Waals surface area contributed by atoms with Crippen LogP contribution in [-0.2, 0) is 11.2 Å². The van der Waals surface area contributed by atoms with Gasteiger partial charge in [0.05, 0.1) is 5.75 Å². The van der Waals surface area contributed by atoms with Crippen molar-refractivity contribution < 1.29 is 27.5 Å². The van der Waals surface area contributed by atoms with Gasteiger partial charge in [0.25, 0.3) is 5.91 Å². The smallest absolute Gasteiger partial charge is 0.406 e. The third-order valence-corrected chi connectivity index (χ3v) is 5.62. The lowest BCUT2D eigenvalue weighted by molar-refractivity contribution is -0.274. The zero-order chi connectivity index (χ0) is 25.5. The Balaban J connectivity index is 1.29. The Morgan fingerprint density at radius 3 is 2.44 bits per heavy atom. The van der Waals surface area contributed by atoms with Gasteiger partial charge >= 0.3 is 6.36 Å². The van der Waals surface area contributed by atoms with E-state index in [-0.39, 0.29) is 23.3 Å². The summed E-state index contributed by atoms with van der Waals surface area (Å²) >= 11 is 1.17. The first-order chi connectivity index (χ1) is 17.3. The van der Waals surface area contributed by atoms with Gasteiger partial charge in [-0.25, -0.2) is 0 Å². The Morgan fingerprint density at radius 2 is 1.72 bits per heavy atom. The number of nitrogens with zero attached hydrogens (tertiary/aromatic N) is 4. The number of amides is 2. The number of carbonyl (C=O) groups is 2. The fraction of sp³-hybridized carbons (Fsp3) is 0.174. The first-order valence-electron chi connectivity index (χ1n) is 10.6.